The number of hydrogen-bond donors (Lipinski definition) is 1. The minimum absolute atomic E-state index is 0.0621. The Morgan fingerprint density at radius 3 is 2.25 bits per heavy atom. The third kappa shape index (κ3) is 2.29. The summed E-state index contributed by atoms with van der Waals surface area (Å²) in [6.07, 6.45) is 0.477. The van der Waals surface area contributed by atoms with Crippen molar-refractivity contribution < 1.29 is 5.11 Å². The van der Waals surface area contributed by atoms with Gasteiger partial charge in [-0.2, -0.15) is 0 Å². The lowest BCUT2D eigenvalue weighted by Crippen LogP contribution is -2.38. The van der Waals surface area contributed by atoms with Gasteiger partial charge in [0.1, 0.15) is 0 Å². The first-order chi connectivity index (χ1) is 7.38. The van der Waals surface area contributed by atoms with Gasteiger partial charge in [-0.3, -0.25) is 0 Å². The molecule has 1 aliphatic heterocycles. The van der Waals surface area contributed by atoms with Gasteiger partial charge in [-0.1, -0.05) is 23.2 Å². The largest absolute Gasteiger partial charge is 0.391 e. The van der Waals surface area contributed by atoms with Gasteiger partial charge in [0.15, 0.2) is 0 Å². The Morgan fingerprint density at radius 1 is 1.25 bits per heavy atom. The standard InChI is InChI=1S/C12H15Cl2NO/c1-12(2)6-11(16)7-15(12)10-4-8(13)3-9(14)5-10/h3-5,11,16H,6-7H2,1-2H3. The molecule has 4 heteroatoms. The van der Waals surface area contributed by atoms with Gasteiger partial charge in [0, 0.05) is 27.8 Å². The van der Waals surface area contributed by atoms with E-state index in [9.17, 15) is 5.11 Å². The summed E-state index contributed by atoms with van der Waals surface area (Å²) < 4.78 is 0. The van der Waals surface area contributed by atoms with Gasteiger partial charge >= 0.3 is 0 Å². The van der Waals surface area contributed by atoms with Crippen LogP contribution in [0.25, 0.3) is 0 Å². The molecule has 88 valence electrons. The van der Waals surface area contributed by atoms with Gasteiger partial charge in [-0.05, 0) is 38.5 Å². The maximum atomic E-state index is 9.73. The summed E-state index contributed by atoms with van der Waals surface area (Å²) in [5, 5.41) is 11.0. The molecule has 0 amide bonds. The van der Waals surface area contributed by atoms with Crippen molar-refractivity contribution in [1.29, 1.82) is 0 Å². The van der Waals surface area contributed by atoms with Gasteiger partial charge < -0.3 is 10.0 Å². The number of halogens is 2. The molecule has 1 saturated heterocycles. The van der Waals surface area contributed by atoms with Gasteiger partial charge in [0.2, 0.25) is 0 Å². The fraction of sp³-hybridized carbons (Fsp3) is 0.500. The van der Waals surface area contributed by atoms with Crippen LogP contribution in [0, 0.1) is 0 Å². The molecule has 1 aromatic carbocycles. The highest BCUT2D eigenvalue weighted by atomic mass is 35.5. The van der Waals surface area contributed by atoms with Crippen LogP contribution in [0.3, 0.4) is 0 Å². The van der Waals surface area contributed by atoms with E-state index < -0.39 is 0 Å². The highest BCUT2D eigenvalue weighted by molar-refractivity contribution is 6.35. The predicted octanol–water partition coefficient (Wildman–Crippen LogP) is 3.34. The molecule has 0 radical (unpaired) electrons. The minimum atomic E-state index is -0.284. The Bertz CT molecular complexity index is 386. The molecule has 0 saturated carbocycles. The van der Waals surface area contributed by atoms with E-state index in [1.165, 1.54) is 0 Å². The smallest absolute Gasteiger partial charge is 0.0737 e. The Morgan fingerprint density at radius 2 is 1.81 bits per heavy atom. The second kappa shape index (κ2) is 4.10. The van der Waals surface area contributed by atoms with Crippen LogP contribution < -0.4 is 4.90 Å². The molecular formula is C12H15Cl2NO. The van der Waals surface area contributed by atoms with Crippen molar-refractivity contribution >= 4 is 28.9 Å². The Labute approximate surface area is 106 Å². The number of rotatable bonds is 1. The summed E-state index contributed by atoms with van der Waals surface area (Å²) in [7, 11) is 0. The molecule has 1 aromatic rings. The number of aliphatic hydroxyl groups excluding tert-OH is 1. The normalized spacial score (nSPS) is 23.8. The fourth-order valence-electron chi connectivity index (χ4n) is 2.36. The predicted molar refractivity (Wildman–Crippen MR) is 68.5 cm³/mol. The molecule has 1 aliphatic rings. The molecule has 16 heavy (non-hydrogen) atoms. The molecule has 1 unspecified atom stereocenters. The van der Waals surface area contributed by atoms with Crippen molar-refractivity contribution in [3.8, 4) is 0 Å². The molecular weight excluding hydrogens is 245 g/mol. The van der Waals surface area contributed by atoms with E-state index >= 15 is 0 Å². The van der Waals surface area contributed by atoms with E-state index in [0.29, 0.717) is 16.6 Å². The van der Waals surface area contributed by atoms with Crippen LogP contribution in [0.4, 0.5) is 5.69 Å². The lowest BCUT2D eigenvalue weighted by atomic mass is 10.0. The molecule has 2 nitrogen and oxygen atoms in total. The topological polar surface area (TPSA) is 23.5 Å². The number of aliphatic hydroxyl groups is 1. The molecule has 0 spiro atoms. The summed E-state index contributed by atoms with van der Waals surface area (Å²) >= 11 is 12.0. The SMILES string of the molecule is CC1(C)CC(O)CN1c1cc(Cl)cc(Cl)c1. The van der Waals surface area contributed by atoms with Crippen molar-refractivity contribution in [2.24, 2.45) is 0 Å². The third-order valence-electron chi connectivity index (χ3n) is 3.02. The Hall–Kier alpha value is -0.440. The highest BCUT2D eigenvalue weighted by Gasteiger charge is 2.37. The number of nitrogens with zero attached hydrogens (tertiary/aromatic N) is 1. The number of anilines is 1. The minimum Gasteiger partial charge on any atom is -0.391 e. The monoisotopic (exact) mass is 259 g/mol. The summed E-state index contributed by atoms with van der Waals surface area (Å²) in [5.74, 6) is 0. The van der Waals surface area contributed by atoms with E-state index in [1.807, 2.05) is 12.1 Å². The van der Waals surface area contributed by atoms with E-state index in [1.54, 1.807) is 6.07 Å². The van der Waals surface area contributed by atoms with Gasteiger partial charge in [-0.15, -0.1) is 0 Å². The average molecular weight is 260 g/mol. The zero-order valence-electron chi connectivity index (χ0n) is 9.37. The van der Waals surface area contributed by atoms with Gasteiger partial charge in [-0.25, -0.2) is 0 Å². The van der Waals surface area contributed by atoms with Crippen LogP contribution in [0.1, 0.15) is 20.3 Å². The summed E-state index contributed by atoms with van der Waals surface area (Å²) in [6, 6.07) is 5.48. The molecule has 1 fully saturated rings. The van der Waals surface area contributed by atoms with Crippen molar-refractivity contribution in [2.75, 3.05) is 11.4 Å². The molecule has 0 bridgehead atoms. The van der Waals surface area contributed by atoms with Crippen LogP contribution in [-0.4, -0.2) is 23.3 Å². The van der Waals surface area contributed by atoms with Crippen molar-refractivity contribution in [2.45, 2.75) is 31.9 Å². The van der Waals surface area contributed by atoms with Crippen LogP contribution in [0.15, 0.2) is 18.2 Å². The first kappa shape index (κ1) is 12.0. The summed E-state index contributed by atoms with van der Waals surface area (Å²) in [6.45, 7) is 4.85. The highest BCUT2D eigenvalue weighted by Crippen LogP contribution is 2.36. The van der Waals surface area contributed by atoms with Crippen molar-refractivity contribution in [3.63, 3.8) is 0 Å². The van der Waals surface area contributed by atoms with Crippen LogP contribution >= 0.6 is 23.2 Å². The summed E-state index contributed by atoms with van der Waals surface area (Å²) in [5.41, 5.74) is 0.909. The lowest BCUT2D eigenvalue weighted by molar-refractivity contribution is 0.188. The van der Waals surface area contributed by atoms with Crippen LogP contribution in [0.5, 0.6) is 0 Å². The molecule has 0 aromatic heterocycles. The average Bonchev–Trinajstić information content (AvgIpc) is 2.37. The first-order valence-electron chi connectivity index (χ1n) is 5.30. The molecule has 1 atom stereocenters. The second-order valence-corrected chi connectivity index (χ2v) is 5.78. The van der Waals surface area contributed by atoms with Crippen molar-refractivity contribution in [1.82, 2.24) is 0 Å². The maximum absolute atomic E-state index is 9.73. The molecule has 1 N–H and O–H groups in total. The first-order valence-corrected chi connectivity index (χ1v) is 6.06. The molecule has 1 heterocycles. The third-order valence-corrected chi connectivity index (χ3v) is 3.45. The van der Waals surface area contributed by atoms with Gasteiger partial charge in [0.25, 0.3) is 0 Å². The quantitative estimate of drug-likeness (QED) is 0.837. The number of benzene rings is 1. The molecule has 0 aliphatic carbocycles. The number of hydrogen-bond acceptors (Lipinski definition) is 2. The van der Waals surface area contributed by atoms with Crippen LogP contribution in [-0.2, 0) is 0 Å². The molecule has 2 rings (SSSR count). The van der Waals surface area contributed by atoms with Crippen molar-refractivity contribution in [3.05, 3.63) is 28.2 Å². The zero-order valence-corrected chi connectivity index (χ0v) is 10.9. The lowest BCUT2D eigenvalue weighted by Gasteiger charge is -2.33. The van der Waals surface area contributed by atoms with E-state index in [2.05, 4.69) is 18.7 Å². The van der Waals surface area contributed by atoms with Gasteiger partial charge in [0.05, 0.1) is 6.10 Å². The maximum Gasteiger partial charge on any atom is 0.0737 e. The second-order valence-electron chi connectivity index (χ2n) is 4.91. The van der Waals surface area contributed by atoms with Crippen LogP contribution in [0.2, 0.25) is 10.0 Å². The number of β-amino-alcohol motifs (C(OH)–C–C–N with tert-alkyl or cyclic N) is 1. The Kier molecular flexibility index (Phi) is 3.08. The fourth-order valence-corrected chi connectivity index (χ4v) is 2.87. The van der Waals surface area contributed by atoms with E-state index in [0.717, 1.165) is 12.1 Å². The summed E-state index contributed by atoms with van der Waals surface area (Å²) in [4.78, 5) is 2.15. The Balaban J connectivity index is 2.37. The zero-order chi connectivity index (χ0) is 11.9. The van der Waals surface area contributed by atoms with E-state index in [4.69, 9.17) is 23.2 Å². The van der Waals surface area contributed by atoms with E-state index in [-0.39, 0.29) is 11.6 Å².